The molecule has 3 nitrogen and oxygen atoms in total. The Morgan fingerprint density at radius 3 is 2.38 bits per heavy atom. The molecule has 0 saturated carbocycles. The maximum atomic E-state index is 11.6. The molecule has 1 aromatic rings. The molecular formula is C13H20N2O. The minimum absolute atomic E-state index is 0.0874. The van der Waals surface area contributed by atoms with E-state index in [2.05, 4.69) is 5.32 Å². The van der Waals surface area contributed by atoms with Crippen LogP contribution in [0, 0.1) is 12.8 Å². The lowest BCUT2D eigenvalue weighted by Gasteiger charge is -2.15. The average molecular weight is 220 g/mol. The van der Waals surface area contributed by atoms with Gasteiger partial charge >= 0.3 is 0 Å². The molecule has 0 aliphatic rings. The van der Waals surface area contributed by atoms with Crippen LogP contribution >= 0.6 is 0 Å². The quantitative estimate of drug-likeness (QED) is 0.809. The Kier molecular flexibility index (Phi) is 4.50. The van der Waals surface area contributed by atoms with Gasteiger partial charge in [-0.1, -0.05) is 43.7 Å². The predicted molar refractivity (Wildman–Crippen MR) is 65.8 cm³/mol. The molecular weight excluding hydrogens is 200 g/mol. The van der Waals surface area contributed by atoms with E-state index < -0.39 is 6.04 Å². The summed E-state index contributed by atoms with van der Waals surface area (Å²) in [4.78, 5) is 11.6. The topological polar surface area (TPSA) is 55.1 Å². The smallest absolute Gasteiger partial charge is 0.237 e. The summed E-state index contributed by atoms with van der Waals surface area (Å²) in [6, 6.07) is 7.66. The first-order valence-electron chi connectivity index (χ1n) is 5.59. The fourth-order valence-corrected chi connectivity index (χ4v) is 1.32. The van der Waals surface area contributed by atoms with E-state index in [1.165, 1.54) is 5.56 Å². The zero-order chi connectivity index (χ0) is 12.1. The minimum atomic E-state index is -0.426. The lowest BCUT2D eigenvalue weighted by Crippen LogP contribution is -2.43. The molecule has 3 heteroatoms. The summed E-state index contributed by atoms with van der Waals surface area (Å²) in [5, 5.41) is 2.84. The highest BCUT2D eigenvalue weighted by Crippen LogP contribution is 2.03. The van der Waals surface area contributed by atoms with E-state index in [0.717, 1.165) is 5.56 Å². The van der Waals surface area contributed by atoms with E-state index in [9.17, 15) is 4.79 Å². The fraction of sp³-hybridized carbons (Fsp3) is 0.462. The molecule has 0 spiro atoms. The van der Waals surface area contributed by atoms with Crippen molar-refractivity contribution in [2.45, 2.75) is 33.4 Å². The number of hydrogen-bond acceptors (Lipinski definition) is 2. The van der Waals surface area contributed by atoms with Crippen molar-refractivity contribution in [1.82, 2.24) is 5.32 Å². The zero-order valence-electron chi connectivity index (χ0n) is 10.2. The highest BCUT2D eigenvalue weighted by Gasteiger charge is 2.16. The molecule has 0 aromatic heterocycles. The van der Waals surface area contributed by atoms with Gasteiger partial charge in [0.05, 0.1) is 6.04 Å². The van der Waals surface area contributed by atoms with Gasteiger partial charge in [0.2, 0.25) is 5.91 Å². The van der Waals surface area contributed by atoms with E-state index in [4.69, 9.17) is 5.73 Å². The number of amides is 1. The third-order valence-electron chi connectivity index (χ3n) is 2.61. The highest BCUT2D eigenvalue weighted by atomic mass is 16.2. The Morgan fingerprint density at radius 2 is 1.88 bits per heavy atom. The lowest BCUT2D eigenvalue weighted by atomic mass is 10.0. The van der Waals surface area contributed by atoms with Crippen LogP contribution in [0.15, 0.2) is 24.3 Å². The third-order valence-corrected chi connectivity index (χ3v) is 2.61. The Balaban J connectivity index is 2.46. The molecule has 0 aliphatic heterocycles. The molecule has 0 bridgehead atoms. The van der Waals surface area contributed by atoms with E-state index in [-0.39, 0.29) is 11.8 Å². The third kappa shape index (κ3) is 3.66. The molecule has 0 saturated heterocycles. The number of carbonyl (C=O) groups excluding carboxylic acids is 1. The van der Waals surface area contributed by atoms with Crippen LogP contribution in [0.5, 0.6) is 0 Å². The van der Waals surface area contributed by atoms with Gasteiger partial charge in [-0.25, -0.2) is 0 Å². The first kappa shape index (κ1) is 12.7. The maximum absolute atomic E-state index is 11.6. The van der Waals surface area contributed by atoms with Crippen molar-refractivity contribution < 1.29 is 4.79 Å². The Labute approximate surface area is 97.0 Å². The first-order chi connectivity index (χ1) is 7.50. The van der Waals surface area contributed by atoms with Crippen molar-refractivity contribution in [2.24, 2.45) is 11.7 Å². The number of carbonyl (C=O) groups is 1. The number of aryl methyl sites for hydroxylation is 1. The SMILES string of the molecule is Cc1ccc(CNC(=O)C(N)C(C)C)cc1. The molecule has 1 aromatic carbocycles. The van der Waals surface area contributed by atoms with Gasteiger partial charge in [-0.3, -0.25) is 4.79 Å². The molecule has 16 heavy (non-hydrogen) atoms. The molecule has 88 valence electrons. The highest BCUT2D eigenvalue weighted by molar-refractivity contribution is 5.81. The van der Waals surface area contributed by atoms with E-state index >= 15 is 0 Å². The van der Waals surface area contributed by atoms with Gasteiger partial charge in [0.15, 0.2) is 0 Å². The monoisotopic (exact) mass is 220 g/mol. The minimum Gasteiger partial charge on any atom is -0.351 e. The Morgan fingerprint density at radius 1 is 1.31 bits per heavy atom. The van der Waals surface area contributed by atoms with Crippen molar-refractivity contribution in [3.8, 4) is 0 Å². The van der Waals surface area contributed by atoms with Gasteiger partial charge in [-0.05, 0) is 18.4 Å². The van der Waals surface area contributed by atoms with Crippen LogP contribution in [0.25, 0.3) is 0 Å². The van der Waals surface area contributed by atoms with Crippen LogP contribution in [0.3, 0.4) is 0 Å². The fourth-order valence-electron chi connectivity index (χ4n) is 1.32. The Bertz CT molecular complexity index is 343. The van der Waals surface area contributed by atoms with Gasteiger partial charge in [-0.2, -0.15) is 0 Å². The molecule has 1 atom stereocenters. The van der Waals surface area contributed by atoms with Crippen LogP contribution in [0.1, 0.15) is 25.0 Å². The van der Waals surface area contributed by atoms with Crippen LogP contribution in [0.4, 0.5) is 0 Å². The number of hydrogen-bond donors (Lipinski definition) is 2. The van der Waals surface area contributed by atoms with E-state index in [1.807, 2.05) is 45.0 Å². The van der Waals surface area contributed by atoms with Crippen molar-refractivity contribution in [2.75, 3.05) is 0 Å². The van der Waals surface area contributed by atoms with Crippen LogP contribution in [0.2, 0.25) is 0 Å². The largest absolute Gasteiger partial charge is 0.351 e. The number of benzene rings is 1. The second kappa shape index (κ2) is 5.66. The molecule has 3 N–H and O–H groups in total. The summed E-state index contributed by atoms with van der Waals surface area (Å²) in [6.07, 6.45) is 0. The van der Waals surface area contributed by atoms with Gasteiger partial charge in [-0.15, -0.1) is 0 Å². The number of nitrogens with two attached hydrogens (primary N) is 1. The molecule has 1 rings (SSSR count). The molecule has 1 unspecified atom stereocenters. The molecule has 0 radical (unpaired) electrons. The van der Waals surface area contributed by atoms with Gasteiger partial charge in [0, 0.05) is 6.54 Å². The summed E-state index contributed by atoms with van der Waals surface area (Å²) in [7, 11) is 0. The van der Waals surface area contributed by atoms with Crippen LogP contribution in [-0.2, 0) is 11.3 Å². The molecule has 0 heterocycles. The van der Waals surface area contributed by atoms with Crippen molar-refractivity contribution >= 4 is 5.91 Å². The maximum Gasteiger partial charge on any atom is 0.237 e. The van der Waals surface area contributed by atoms with Gasteiger partial charge in [0.1, 0.15) is 0 Å². The van der Waals surface area contributed by atoms with Gasteiger partial charge < -0.3 is 11.1 Å². The first-order valence-corrected chi connectivity index (χ1v) is 5.59. The van der Waals surface area contributed by atoms with E-state index in [0.29, 0.717) is 6.54 Å². The Hall–Kier alpha value is -1.35. The second-order valence-electron chi connectivity index (χ2n) is 4.47. The standard InChI is InChI=1S/C13H20N2O/c1-9(2)12(14)13(16)15-8-11-6-4-10(3)5-7-11/h4-7,9,12H,8,14H2,1-3H3,(H,15,16). The zero-order valence-corrected chi connectivity index (χ0v) is 10.2. The molecule has 0 aliphatic carbocycles. The van der Waals surface area contributed by atoms with Gasteiger partial charge in [0.25, 0.3) is 0 Å². The predicted octanol–water partition coefficient (Wildman–Crippen LogP) is 1.59. The summed E-state index contributed by atoms with van der Waals surface area (Å²) in [5.41, 5.74) is 8.05. The van der Waals surface area contributed by atoms with Crippen molar-refractivity contribution in [3.63, 3.8) is 0 Å². The average Bonchev–Trinajstić information content (AvgIpc) is 2.26. The lowest BCUT2D eigenvalue weighted by molar-refractivity contribution is -0.123. The summed E-state index contributed by atoms with van der Waals surface area (Å²) < 4.78 is 0. The second-order valence-corrected chi connectivity index (χ2v) is 4.47. The molecule has 1 amide bonds. The normalized spacial score (nSPS) is 12.6. The molecule has 0 fully saturated rings. The van der Waals surface area contributed by atoms with Crippen LogP contribution < -0.4 is 11.1 Å². The van der Waals surface area contributed by atoms with Crippen LogP contribution in [-0.4, -0.2) is 11.9 Å². The summed E-state index contributed by atoms with van der Waals surface area (Å²) in [6.45, 7) is 6.46. The number of rotatable bonds is 4. The summed E-state index contributed by atoms with van der Waals surface area (Å²) >= 11 is 0. The van der Waals surface area contributed by atoms with Crippen molar-refractivity contribution in [3.05, 3.63) is 35.4 Å². The summed E-state index contributed by atoms with van der Waals surface area (Å²) in [5.74, 6) is 0.0774. The van der Waals surface area contributed by atoms with Crippen molar-refractivity contribution in [1.29, 1.82) is 0 Å². The number of nitrogens with one attached hydrogen (secondary N) is 1. The van der Waals surface area contributed by atoms with E-state index in [1.54, 1.807) is 0 Å².